The van der Waals surface area contributed by atoms with Crippen molar-refractivity contribution in [1.82, 2.24) is 14.5 Å². The first-order chi connectivity index (χ1) is 16.5. The van der Waals surface area contributed by atoms with Crippen LogP contribution in [0.1, 0.15) is 45.0 Å². The third kappa shape index (κ3) is 7.22. The molecule has 3 aromatic rings. The fraction of sp³-hybridized carbons (Fsp3) is 0.360. The second-order valence-electron chi connectivity index (χ2n) is 9.10. The van der Waals surface area contributed by atoms with Gasteiger partial charge in [0, 0.05) is 28.3 Å². The molecule has 3 rings (SSSR count). The maximum atomic E-state index is 13.3. The van der Waals surface area contributed by atoms with Gasteiger partial charge in [-0.2, -0.15) is 0 Å². The van der Waals surface area contributed by atoms with Crippen LogP contribution in [-0.2, 0) is 22.1 Å². The van der Waals surface area contributed by atoms with E-state index in [9.17, 15) is 13.2 Å². The van der Waals surface area contributed by atoms with Gasteiger partial charge in [-0.05, 0) is 55.7 Å². The van der Waals surface area contributed by atoms with Gasteiger partial charge in [0.1, 0.15) is 0 Å². The average Bonchev–Trinajstić information content (AvgIpc) is 3.17. The fourth-order valence-corrected chi connectivity index (χ4v) is 5.80. The van der Waals surface area contributed by atoms with Crippen molar-refractivity contribution in [3.63, 3.8) is 0 Å². The highest BCUT2D eigenvalue weighted by atomic mass is 35.5. The third-order valence-corrected chi connectivity index (χ3v) is 7.22. The van der Waals surface area contributed by atoms with Crippen molar-refractivity contribution in [2.24, 2.45) is 5.92 Å². The summed E-state index contributed by atoms with van der Waals surface area (Å²) < 4.78 is 28.3. The molecule has 0 aliphatic carbocycles. The summed E-state index contributed by atoms with van der Waals surface area (Å²) in [7, 11) is -3.76. The molecule has 10 heteroatoms. The molecule has 0 unspecified atom stereocenters. The second kappa shape index (κ2) is 11.5. The number of halogens is 2. The quantitative estimate of drug-likeness (QED) is 0.341. The molecule has 0 aliphatic rings. The molecule has 1 heterocycles. The maximum absolute atomic E-state index is 13.3. The van der Waals surface area contributed by atoms with Crippen LogP contribution in [0.3, 0.4) is 0 Å². The van der Waals surface area contributed by atoms with E-state index in [0.29, 0.717) is 33.5 Å². The Morgan fingerprint density at radius 3 is 2.31 bits per heavy atom. The molecule has 2 aromatic carbocycles. The van der Waals surface area contributed by atoms with E-state index in [0.717, 1.165) is 0 Å². The van der Waals surface area contributed by atoms with Crippen molar-refractivity contribution in [1.29, 1.82) is 0 Å². The lowest BCUT2D eigenvalue weighted by molar-refractivity contribution is 0.199. The van der Waals surface area contributed by atoms with Crippen LogP contribution in [0.25, 0.3) is 0 Å². The minimum absolute atomic E-state index is 0.0257. The molecule has 0 bridgehead atoms. The van der Waals surface area contributed by atoms with Crippen molar-refractivity contribution >= 4 is 44.8 Å². The highest BCUT2D eigenvalue weighted by molar-refractivity contribution is 7.90. The van der Waals surface area contributed by atoms with Crippen molar-refractivity contribution in [2.75, 3.05) is 11.9 Å². The van der Waals surface area contributed by atoms with E-state index in [1.807, 2.05) is 27.7 Å². The Kier molecular flexibility index (Phi) is 8.85. The van der Waals surface area contributed by atoms with Gasteiger partial charge in [-0.3, -0.25) is 0 Å². The van der Waals surface area contributed by atoms with Gasteiger partial charge in [0.05, 0.1) is 24.2 Å². The van der Waals surface area contributed by atoms with Crippen LogP contribution in [0.2, 0.25) is 10.0 Å². The van der Waals surface area contributed by atoms with Crippen LogP contribution in [0, 0.1) is 5.92 Å². The minimum Gasteiger partial charge on any atom is -0.318 e. The number of aromatic nitrogens is 2. The molecule has 2 amide bonds. The van der Waals surface area contributed by atoms with E-state index in [4.69, 9.17) is 23.2 Å². The summed E-state index contributed by atoms with van der Waals surface area (Å²) in [5.41, 5.74) is 1.80. The molecule has 7 nitrogen and oxygen atoms in total. The normalized spacial score (nSPS) is 11.8. The topological polar surface area (TPSA) is 84.3 Å². The fourth-order valence-electron chi connectivity index (χ4n) is 3.81. The summed E-state index contributed by atoms with van der Waals surface area (Å²) >= 11 is 12.1. The average molecular weight is 538 g/mol. The van der Waals surface area contributed by atoms with Gasteiger partial charge in [-0.15, -0.1) is 0 Å². The molecule has 0 fully saturated rings. The largest absolute Gasteiger partial charge is 0.322 e. The lowest BCUT2D eigenvalue weighted by Gasteiger charge is -2.26. The first-order valence-electron chi connectivity index (χ1n) is 11.3. The number of rotatable bonds is 9. The van der Waals surface area contributed by atoms with Gasteiger partial charge in [0.15, 0.2) is 0 Å². The van der Waals surface area contributed by atoms with E-state index in [1.54, 1.807) is 58.0 Å². The van der Waals surface area contributed by atoms with Crippen molar-refractivity contribution < 1.29 is 13.2 Å². The lowest BCUT2D eigenvalue weighted by atomic mass is 10.2. The predicted molar refractivity (Wildman–Crippen MR) is 141 cm³/mol. The lowest BCUT2D eigenvalue weighted by Crippen LogP contribution is -2.37. The number of nitrogens with one attached hydrogen (secondary N) is 1. The maximum Gasteiger partial charge on any atom is 0.322 e. The number of carbonyl (C=O) groups excluding carboxylic acids is 1. The number of hydrogen-bond acceptors (Lipinski definition) is 4. The van der Waals surface area contributed by atoms with Gasteiger partial charge in [-0.1, -0.05) is 55.2 Å². The minimum atomic E-state index is -3.76. The first-order valence-corrected chi connectivity index (χ1v) is 13.7. The number of nitrogens with zero attached hydrogens (tertiary/aromatic N) is 3. The molecular formula is C25H30Cl2N4O3S. The smallest absolute Gasteiger partial charge is 0.318 e. The summed E-state index contributed by atoms with van der Waals surface area (Å²) in [6.07, 6.45) is 1.53. The number of urea groups is 1. The number of anilines is 1. The summed E-state index contributed by atoms with van der Waals surface area (Å²) in [6.45, 7) is 8.48. The van der Waals surface area contributed by atoms with Gasteiger partial charge < -0.3 is 14.8 Å². The van der Waals surface area contributed by atoms with E-state index < -0.39 is 9.84 Å². The molecule has 35 heavy (non-hydrogen) atoms. The molecule has 1 N–H and O–H groups in total. The number of imidazole rings is 1. The number of amides is 2. The zero-order valence-corrected chi connectivity index (χ0v) is 22.5. The van der Waals surface area contributed by atoms with Gasteiger partial charge in [-0.25, -0.2) is 18.2 Å². The Balaban J connectivity index is 1.90. The molecule has 0 atom stereocenters. The molecule has 0 spiro atoms. The Hall–Kier alpha value is -2.55. The zero-order chi connectivity index (χ0) is 25.8. The SMILES string of the molecule is CC(C)CN(Cc1cnc(S(=O)(=O)Cc2cccc(Cl)c2)n1C(C)C)C(=O)Nc1cccc(Cl)c1. The van der Waals surface area contributed by atoms with Crippen LogP contribution in [0.5, 0.6) is 0 Å². The predicted octanol–water partition coefficient (Wildman–Crippen LogP) is 6.43. The Labute approximate surface area is 217 Å². The van der Waals surface area contributed by atoms with Crippen LogP contribution >= 0.6 is 23.2 Å². The summed E-state index contributed by atoms with van der Waals surface area (Å²) in [4.78, 5) is 19.1. The van der Waals surface area contributed by atoms with Crippen LogP contribution in [0.15, 0.2) is 59.9 Å². The monoisotopic (exact) mass is 536 g/mol. The second-order valence-corrected chi connectivity index (χ2v) is 11.9. The van der Waals surface area contributed by atoms with Gasteiger partial charge in [0.2, 0.25) is 15.0 Å². The van der Waals surface area contributed by atoms with E-state index in [2.05, 4.69) is 10.3 Å². The number of hydrogen-bond donors (Lipinski definition) is 1. The van der Waals surface area contributed by atoms with E-state index >= 15 is 0 Å². The van der Waals surface area contributed by atoms with E-state index in [1.165, 1.54) is 6.20 Å². The van der Waals surface area contributed by atoms with Crippen LogP contribution < -0.4 is 5.32 Å². The zero-order valence-electron chi connectivity index (χ0n) is 20.2. The molecule has 0 aliphatic heterocycles. The Morgan fingerprint density at radius 1 is 1.06 bits per heavy atom. The summed E-state index contributed by atoms with van der Waals surface area (Å²) in [5.74, 6) is -0.0246. The van der Waals surface area contributed by atoms with Gasteiger partial charge >= 0.3 is 6.03 Å². The van der Waals surface area contributed by atoms with Crippen molar-refractivity contribution in [3.8, 4) is 0 Å². The molecule has 0 saturated heterocycles. The van der Waals surface area contributed by atoms with Crippen LogP contribution in [-0.4, -0.2) is 35.4 Å². The van der Waals surface area contributed by atoms with E-state index in [-0.39, 0.29) is 35.4 Å². The van der Waals surface area contributed by atoms with Crippen molar-refractivity contribution in [2.45, 2.75) is 51.2 Å². The standard InChI is InChI=1S/C25H30Cl2N4O3S/c1-17(2)14-30(24(32)29-22-10-6-9-21(27)12-22)15-23-13-28-25(31(23)18(3)4)35(33,34)16-19-7-5-8-20(26)11-19/h5-13,17-18H,14-16H2,1-4H3,(H,29,32). The number of benzene rings is 2. The summed E-state index contributed by atoms with van der Waals surface area (Å²) in [6, 6.07) is 13.2. The molecular weight excluding hydrogens is 507 g/mol. The van der Waals surface area contributed by atoms with Crippen LogP contribution in [0.4, 0.5) is 10.5 Å². The van der Waals surface area contributed by atoms with Gasteiger partial charge in [0.25, 0.3) is 0 Å². The molecule has 188 valence electrons. The molecule has 0 saturated carbocycles. The number of sulfone groups is 1. The number of carbonyl (C=O) groups is 1. The van der Waals surface area contributed by atoms with Crippen molar-refractivity contribution in [3.05, 3.63) is 76.0 Å². The molecule has 0 radical (unpaired) electrons. The third-order valence-electron chi connectivity index (χ3n) is 5.18. The highest BCUT2D eigenvalue weighted by Crippen LogP contribution is 2.24. The summed E-state index contributed by atoms with van der Waals surface area (Å²) in [5, 5.41) is 3.84. The Morgan fingerprint density at radius 2 is 1.71 bits per heavy atom. The Bertz CT molecular complexity index is 1290. The molecule has 1 aromatic heterocycles. The highest BCUT2D eigenvalue weighted by Gasteiger charge is 2.27. The first kappa shape index (κ1) is 27.0.